The van der Waals surface area contributed by atoms with Gasteiger partial charge in [0.05, 0.1) is 0 Å². The molecule has 4 rings (SSSR count). The molecule has 3 aromatic carbocycles. The normalized spacial score (nSPS) is 11.7. The van der Waals surface area contributed by atoms with E-state index in [9.17, 15) is 22.1 Å². The molecule has 0 saturated heterocycles. The van der Waals surface area contributed by atoms with Crippen LogP contribution >= 0.6 is 0 Å². The number of rotatable bonds is 6. The van der Waals surface area contributed by atoms with Crippen molar-refractivity contribution in [3.63, 3.8) is 0 Å². The number of benzene rings is 3. The third-order valence-electron chi connectivity index (χ3n) is 5.22. The lowest BCUT2D eigenvalue weighted by Gasteiger charge is -2.16. The minimum Gasteiger partial charge on any atom is -0.456 e. The van der Waals surface area contributed by atoms with Crippen molar-refractivity contribution in [2.75, 3.05) is 0 Å². The van der Waals surface area contributed by atoms with Gasteiger partial charge in [-0.15, -0.1) is 0 Å². The maximum Gasteiger partial charge on any atom is 0.673 e. The van der Waals surface area contributed by atoms with Crippen LogP contribution in [0.4, 0.5) is 17.3 Å². The van der Waals surface area contributed by atoms with Gasteiger partial charge in [-0.05, 0) is 42.3 Å². The summed E-state index contributed by atoms with van der Waals surface area (Å²) >= 11 is 0. The molecule has 1 atom stereocenters. The third-order valence-corrected chi connectivity index (χ3v) is 5.22. The fourth-order valence-corrected chi connectivity index (χ4v) is 3.89. The molecule has 4 aromatic rings. The highest BCUT2D eigenvalue weighted by atomic mass is 19.5. The fourth-order valence-electron chi connectivity index (χ4n) is 3.89. The number of pyridine rings is 1. The van der Waals surface area contributed by atoms with E-state index in [0.717, 1.165) is 33.6 Å². The van der Waals surface area contributed by atoms with Gasteiger partial charge < -0.3 is 22.0 Å². The molecule has 0 amide bonds. The molecule has 0 N–H and O–H groups in total. The summed E-state index contributed by atoms with van der Waals surface area (Å²) in [5.41, 5.74) is 6.71. The second-order valence-corrected chi connectivity index (χ2v) is 8.14. The quantitative estimate of drug-likeness (QED) is 0.122. The minimum absolute atomic E-state index is 0.255. The molecule has 1 heterocycles. The predicted octanol–water partition coefficient (Wildman–Crippen LogP) is 7.23. The van der Waals surface area contributed by atoms with Crippen molar-refractivity contribution in [2.24, 2.45) is 0 Å². The topological polar surface area (TPSA) is 30.2 Å². The molecule has 0 radical (unpaired) electrons. The molecule has 3 nitrogen and oxygen atoms in total. The van der Waals surface area contributed by atoms with E-state index in [2.05, 4.69) is 65.2 Å². The van der Waals surface area contributed by atoms with Gasteiger partial charge in [0.25, 0.3) is 0 Å². The lowest BCUT2D eigenvalue weighted by atomic mass is 9.99. The number of esters is 1. The number of halogens is 4. The van der Waals surface area contributed by atoms with E-state index >= 15 is 0 Å². The van der Waals surface area contributed by atoms with Gasteiger partial charge in [-0.2, -0.15) is 4.57 Å². The summed E-state index contributed by atoms with van der Waals surface area (Å²) in [4.78, 5) is 11.6. The van der Waals surface area contributed by atoms with E-state index in [0.29, 0.717) is 6.54 Å². The summed E-state index contributed by atoms with van der Waals surface area (Å²) in [5.74, 6) is -0.267. The van der Waals surface area contributed by atoms with Gasteiger partial charge in [0, 0.05) is 30.2 Å². The summed E-state index contributed by atoms with van der Waals surface area (Å²) in [5, 5.41) is 0. The van der Waals surface area contributed by atoms with Crippen molar-refractivity contribution in [3.8, 4) is 33.6 Å². The average molecular weight is 495 g/mol. The summed E-state index contributed by atoms with van der Waals surface area (Å²) in [6.45, 7) is 3.95. The van der Waals surface area contributed by atoms with Crippen LogP contribution in [0.2, 0.25) is 0 Å². The first-order valence-electron chi connectivity index (χ1n) is 11.4. The van der Waals surface area contributed by atoms with Crippen molar-refractivity contribution >= 4 is 13.2 Å². The number of ether oxygens (including phenoxy) is 1. The molecule has 0 spiro atoms. The summed E-state index contributed by atoms with van der Waals surface area (Å²) < 4.78 is 46.7. The second kappa shape index (κ2) is 12.2. The van der Waals surface area contributed by atoms with Crippen molar-refractivity contribution in [3.05, 3.63) is 103 Å². The largest absolute Gasteiger partial charge is 0.673 e. The van der Waals surface area contributed by atoms with Gasteiger partial charge in [0.1, 0.15) is 0 Å². The Morgan fingerprint density at radius 2 is 1.08 bits per heavy atom. The van der Waals surface area contributed by atoms with Gasteiger partial charge in [0.15, 0.2) is 12.6 Å². The number of carbonyl (C=O) groups is 1. The number of carbonyl (C=O) groups excluding carboxylic acids is 1. The lowest BCUT2D eigenvalue weighted by Crippen LogP contribution is -2.44. The van der Waals surface area contributed by atoms with Crippen molar-refractivity contribution in [2.45, 2.75) is 26.5 Å². The van der Waals surface area contributed by atoms with Crippen LogP contribution in [0, 0.1) is 0 Å². The molecule has 0 bridgehead atoms. The Labute approximate surface area is 208 Å². The fraction of sp³-hybridized carbons (Fsp3) is 0.143. The first kappa shape index (κ1) is 26.7. The SMILES string of the molecule is CC(=O)OC(C)C[n+]1c(-c2ccccc2)cc(-c2ccccc2)cc1-c1ccccc1.F[B-](F)(F)F. The van der Waals surface area contributed by atoms with Crippen LogP contribution < -0.4 is 4.57 Å². The van der Waals surface area contributed by atoms with Crippen LogP contribution in [0.15, 0.2) is 103 Å². The molecule has 0 aliphatic heterocycles. The monoisotopic (exact) mass is 495 g/mol. The maximum absolute atomic E-state index is 11.6. The number of hydrogen-bond donors (Lipinski definition) is 0. The highest BCUT2D eigenvalue weighted by molar-refractivity contribution is 6.50. The maximum atomic E-state index is 11.6. The molecule has 1 unspecified atom stereocenters. The summed E-state index contributed by atoms with van der Waals surface area (Å²) in [6, 6.07) is 35.6. The Bertz CT molecular complexity index is 1200. The Morgan fingerprint density at radius 1 is 0.722 bits per heavy atom. The molecule has 0 aliphatic carbocycles. The van der Waals surface area contributed by atoms with Gasteiger partial charge in [0.2, 0.25) is 11.4 Å². The van der Waals surface area contributed by atoms with Crippen LogP contribution in [-0.4, -0.2) is 19.3 Å². The molecule has 0 saturated carbocycles. The average Bonchev–Trinajstić information content (AvgIpc) is 2.84. The van der Waals surface area contributed by atoms with Crippen molar-refractivity contribution in [1.29, 1.82) is 0 Å². The number of nitrogens with zero attached hydrogens (tertiary/aromatic N) is 1. The standard InChI is InChI=1S/C28H26NO2.BF4/c1-21(31-22(2)30)20-29-27(24-14-8-4-9-15-24)18-26(23-12-6-3-7-13-23)19-28(29)25-16-10-5-11-17-25;2-1(3,4)5/h3-19,21H,20H2,1-2H3;/q+1;-1. The zero-order chi connectivity index (χ0) is 26.1. The van der Waals surface area contributed by atoms with E-state index < -0.39 is 7.25 Å². The van der Waals surface area contributed by atoms with E-state index in [-0.39, 0.29) is 12.1 Å². The Balaban J connectivity index is 0.000000658. The van der Waals surface area contributed by atoms with Crippen LogP contribution in [-0.2, 0) is 16.1 Å². The van der Waals surface area contributed by atoms with Gasteiger partial charge in [-0.1, -0.05) is 66.7 Å². The Morgan fingerprint density at radius 3 is 1.44 bits per heavy atom. The van der Waals surface area contributed by atoms with E-state index in [1.54, 1.807) is 0 Å². The van der Waals surface area contributed by atoms with Gasteiger partial charge in [-0.25, -0.2) is 0 Å². The highest BCUT2D eigenvalue weighted by Crippen LogP contribution is 2.29. The number of aromatic nitrogens is 1. The predicted molar refractivity (Wildman–Crippen MR) is 134 cm³/mol. The van der Waals surface area contributed by atoms with Crippen molar-refractivity contribution in [1.82, 2.24) is 0 Å². The first-order chi connectivity index (χ1) is 17.1. The molecule has 186 valence electrons. The molecular weight excluding hydrogens is 469 g/mol. The molecular formula is C28H26BF4NO2. The number of hydrogen-bond acceptors (Lipinski definition) is 2. The van der Waals surface area contributed by atoms with E-state index in [1.807, 2.05) is 49.4 Å². The minimum atomic E-state index is -6.00. The first-order valence-corrected chi connectivity index (χ1v) is 11.4. The summed E-state index contributed by atoms with van der Waals surface area (Å²) in [7, 11) is -6.00. The van der Waals surface area contributed by atoms with Crippen LogP contribution in [0.5, 0.6) is 0 Å². The van der Waals surface area contributed by atoms with Crippen LogP contribution in [0.25, 0.3) is 33.6 Å². The molecule has 1 aromatic heterocycles. The smallest absolute Gasteiger partial charge is 0.456 e. The van der Waals surface area contributed by atoms with E-state index in [4.69, 9.17) is 4.74 Å². The molecule has 8 heteroatoms. The second-order valence-electron chi connectivity index (χ2n) is 8.14. The van der Waals surface area contributed by atoms with Crippen molar-refractivity contribution < 1.29 is 31.4 Å². The Kier molecular flexibility index (Phi) is 9.00. The van der Waals surface area contributed by atoms with Gasteiger partial charge in [-0.3, -0.25) is 4.79 Å². The zero-order valence-electron chi connectivity index (χ0n) is 20.0. The third kappa shape index (κ3) is 8.08. The van der Waals surface area contributed by atoms with E-state index in [1.165, 1.54) is 6.92 Å². The Hall–Kier alpha value is -3.94. The molecule has 0 fully saturated rings. The van der Waals surface area contributed by atoms with Gasteiger partial charge >= 0.3 is 13.2 Å². The summed E-state index contributed by atoms with van der Waals surface area (Å²) in [6.07, 6.45) is -0.255. The van der Waals surface area contributed by atoms with Crippen LogP contribution in [0.1, 0.15) is 13.8 Å². The lowest BCUT2D eigenvalue weighted by molar-refractivity contribution is -0.681. The zero-order valence-corrected chi connectivity index (χ0v) is 20.0. The molecule has 0 aliphatic rings. The highest BCUT2D eigenvalue weighted by Gasteiger charge is 2.25. The molecule has 36 heavy (non-hydrogen) atoms. The van der Waals surface area contributed by atoms with Crippen LogP contribution in [0.3, 0.4) is 0 Å².